The van der Waals surface area contributed by atoms with Crippen LogP contribution in [0.15, 0.2) is 0 Å². The summed E-state index contributed by atoms with van der Waals surface area (Å²) in [5.74, 6) is 0.166. The van der Waals surface area contributed by atoms with Crippen LogP contribution >= 0.6 is 36.2 Å². The molecule has 0 amide bonds. The number of hydrogen-bond donors (Lipinski definition) is 2. The molecule has 0 bridgehead atoms. The lowest BCUT2D eigenvalue weighted by Gasteiger charge is -2.20. The van der Waals surface area contributed by atoms with E-state index in [1.165, 1.54) is 11.3 Å². The third kappa shape index (κ3) is 3.55. The normalized spacial score (nSPS) is 17.9. The summed E-state index contributed by atoms with van der Waals surface area (Å²) < 4.78 is 0. The first kappa shape index (κ1) is 16.6. The molecule has 4 nitrogen and oxygen atoms in total. The van der Waals surface area contributed by atoms with Crippen LogP contribution in [0.4, 0.5) is 5.13 Å². The van der Waals surface area contributed by atoms with E-state index in [0.29, 0.717) is 5.13 Å². The van der Waals surface area contributed by atoms with Crippen LogP contribution in [0.25, 0.3) is 0 Å². The number of ketones is 1. The van der Waals surface area contributed by atoms with Crippen molar-refractivity contribution in [1.29, 1.82) is 0 Å². The van der Waals surface area contributed by atoms with Gasteiger partial charge in [0.1, 0.15) is 0 Å². The van der Waals surface area contributed by atoms with Gasteiger partial charge in [-0.25, -0.2) is 4.98 Å². The first-order valence-electron chi connectivity index (χ1n) is 5.25. The van der Waals surface area contributed by atoms with Crippen molar-refractivity contribution in [1.82, 2.24) is 10.3 Å². The Hall–Kier alpha value is -0.360. The fourth-order valence-corrected chi connectivity index (χ4v) is 2.69. The van der Waals surface area contributed by atoms with E-state index in [9.17, 15) is 4.79 Å². The minimum atomic E-state index is -0.0303. The van der Waals surface area contributed by atoms with E-state index in [2.05, 4.69) is 17.2 Å². The zero-order valence-corrected chi connectivity index (χ0v) is 12.0. The highest BCUT2D eigenvalue weighted by Crippen LogP contribution is 2.28. The summed E-state index contributed by atoms with van der Waals surface area (Å²) in [5.41, 5.74) is 6.49. The van der Waals surface area contributed by atoms with Gasteiger partial charge in [0.15, 0.2) is 10.9 Å². The van der Waals surface area contributed by atoms with Gasteiger partial charge >= 0.3 is 0 Å². The molecule has 1 aromatic rings. The predicted octanol–water partition coefficient (Wildman–Crippen LogP) is 2.07. The zero-order chi connectivity index (χ0) is 10.8. The molecule has 0 spiro atoms. The van der Waals surface area contributed by atoms with E-state index >= 15 is 0 Å². The molecule has 17 heavy (non-hydrogen) atoms. The maximum absolute atomic E-state index is 12.0. The van der Waals surface area contributed by atoms with Crippen molar-refractivity contribution in [2.45, 2.75) is 32.2 Å². The van der Waals surface area contributed by atoms with Gasteiger partial charge in [0.05, 0.1) is 16.6 Å². The molecule has 1 aliphatic rings. The van der Waals surface area contributed by atoms with Crippen molar-refractivity contribution in [2.75, 3.05) is 12.3 Å². The van der Waals surface area contributed by atoms with Gasteiger partial charge in [-0.3, -0.25) is 4.79 Å². The molecule has 1 aliphatic carbocycles. The molecule has 0 saturated heterocycles. The van der Waals surface area contributed by atoms with E-state index in [1.54, 1.807) is 0 Å². The van der Waals surface area contributed by atoms with Crippen LogP contribution in [0, 0.1) is 0 Å². The first-order chi connectivity index (χ1) is 7.22. The molecule has 3 N–H and O–H groups in total. The topological polar surface area (TPSA) is 68.0 Å². The smallest absolute Gasteiger partial charge is 0.191 e. The van der Waals surface area contributed by atoms with Crippen molar-refractivity contribution in [2.24, 2.45) is 0 Å². The number of nitrogens with one attached hydrogen (secondary N) is 1. The van der Waals surface area contributed by atoms with Crippen LogP contribution in [-0.4, -0.2) is 23.4 Å². The molecule has 1 aromatic heterocycles. The van der Waals surface area contributed by atoms with E-state index < -0.39 is 0 Å². The van der Waals surface area contributed by atoms with E-state index in [0.717, 1.165) is 36.4 Å². The third-order valence-electron chi connectivity index (χ3n) is 2.56. The summed E-state index contributed by atoms with van der Waals surface area (Å²) in [6, 6.07) is -0.0303. The predicted molar refractivity (Wildman–Crippen MR) is 75.8 cm³/mol. The van der Waals surface area contributed by atoms with Crippen LogP contribution in [-0.2, 0) is 6.42 Å². The van der Waals surface area contributed by atoms with Crippen molar-refractivity contribution in [3.8, 4) is 0 Å². The van der Waals surface area contributed by atoms with Gasteiger partial charge in [0.2, 0.25) is 0 Å². The number of Topliss-reactive ketones (excluding diaryl/α,β-unsaturated/α-hetero) is 1. The molecule has 2 rings (SSSR count). The lowest BCUT2D eigenvalue weighted by molar-refractivity contribution is 0.0932. The van der Waals surface area contributed by atoms with Gasteiger partial charge in [-0.1, -0.05) is 18.3 Å². The fraction of sp³-hybridized carbons (Fsp3) is 0.600. The van der Waals surface area contributed by atoms with Crippen LogP contribution in [0.5, 0.6) is 0 Å². The van der Waals surface area contributed by atoms with Crippen molar-refractivity contribution >= 4 is 47.1 Å². The summed E-state index contributed by atoms with van der Waals surface area (Å²) in [6.07, 6.45) is 2.74. The second kappa shape index (κ2) is 7.16. The van der Waals surface area contributed by atoms with Gasteiger partial charge < -0.3 is 11.1 Å². The number of nitrogen functional groups attached to an aromatic ring is 1. The summed E-state index contributed by atoms with van der Waals surface area (Å²) in [5, 5.41) is 3.76. The number of nitrogens with zero attached hydrogens (tertiary/aromatic N) is 1. The Morgan fingerprint density at radius 1 is 1.53 bits per heavy atom. The minimum Gasteiger partial charge on any atom is -0.375 e. The zero-order valence-electron chi connectivity index (χ0n) is 9.56. The van der Waals surface area contributed by atoms with Crippen molar-refractivity contribution < 1.29 is 4.79 Å². The summed E-state index contributed by atoms with van der Waals surface area (Å²) in [7, 11) is 0. The van der Waals surface area contributed by atoms with Crippen LogP contribution in [0.2, 0.25) is 0 Å². The first-order valence-corrected chi connectivity index (χ1v) is 6.06. The Bertz CT molecular complexity index is 384. The molecular weight excluding hydrogens is 281 g/mol. The maximum atomic E-state index is 12.0. The second-order valence-electron chi connectivity index (χ2n) is 3.74. The molecule has 1 atom stereocenters. The monoisotopic (exact) mass is 297 g/mol. The number of anilines is 1. The Morgan fingerprint density at radius 3 is 2.88 bits per heavy atom. The van der Waals surface area contributed by atoms with Crippen LogP contribution in [0.3, 0.4) is 0 Å². The van der Waals surface area contributed by atoms with Crippen LogP contribution < -0.4 is 11.1 Å². The van der Waals surface area contributed by atoms with Gasteiger partial charge in [-0.05, 0) is 25.8 Å². The van der Waals surface area contributed by atoms with Gasteiger partial charge in [-0.2, -0.15) is 0 Å². The highest BCUT2D eigenvalue weighted by Gasteiger charge is 2.29. The number of carbonyl (C=O) groups excluding carboxylic acids is 1. The molecule has 1 heterocycles. The molecule has 0 radical (unpaired) electrons. The Labute approximate surface area is 117 Å². The minimum absolute atomic E-state index is 0. The number of thiazole rings is 1. The Morgan fingerprint density at radius 2 is 2.24 bits per heavy atom. The van der Waals surface area contributed by atoms with Gasteiger partial charge in [0.25, 0.3) is 0 Å². The summed E-state index contributed by atoms with van der Waals surface area (Å²) >= 11 is 1.31. The maximum Gasteiger partial charge on any atom is 0.191 e. The molecule has 0 aromatic carbocycles. The van der Waals surface area contributed by atoms with E-state index in [1.807, 2.05) is 0 Å². The summed E-state index contributed by atoms with van der Waals surface area (Å²) in [6.45, 7) is 2.98. The average Bonchev–Trinajstić information content (AvgIpc) is 2.59. The number of halogens is 2. The lowest BCUT2D eigenvalue weighted by Crippen LogP contribution is -2.40. The Kier molecular flexibility index (Phi) is 7.01. The summed E-state index contributed by atoms with van der Waals surface area (Å²) in [4.78, 5) is 16.9. The van der Waals surface area contributed by atoms with Gasteiger partial charge in [0, 0.05) is 0 Å². The average molecular weight is 298 g/mol. The van der Waals surface area contributed by atoms with Crippen molar-refractivity contribution in [3.05, 3.63) is 10.6 Å². The number of rotatable bonds is 3. The fourth-order valence-electron chi connectivity index (χ4n) is 1.82. The lowest BCUT2D eigenvalue weighted by atomic mass is 9.96. The standard InChI is InChI=1S/C10H15N3OS.2ClH/c1-2-5-12-6-3-4-7-9(8(6)14)15-10(11)13-7;;/h6,12H,2-5H2,1H3,(H2,11,13);2*1H/t6-;;/m0../s1. The van der Waals surface area contributed by atoms with Crippen LogP contribution in [0.1, 0.15) is 35.1 Å². The number of aromatic nitrogens is 1. The molecular formula is C10H17Cl2N3OS. The largest absolute Gasteiger partial charge is 0.375 e. The number of fused-ring (bicyclic) bond motifs is 1. The molecule has 98 valence electrons. The molecule has 0 aliphatic heterocycles. The second-order valence-corrected chi connectivity index (χ2v) is 4.77. The third-order valence-corrected chi connectivity index (χ3v) is 3.51. The quantitative estimate of drug-likeness (QED) is 0.896. The van der Waals surface area contributed by atoms with E-state index in [4.69, 9.17) is 5.73 Å². The number of aryl methyl sites for hydroxylation is 1. The number of hydrogen-bond acceptors (Lipinski definition) is 5. The highest BCUT2D eigenvalue weighted by atomic mass is 35.5. The number of nitrogens with two attached hydrogens (primary N) is 1. The van der Waals surface area contributed by atoms with Crippen molar-refractivity contribution in [3.63, 3.8) is 0 Å². The Balaban J connectivity index is 0.00000128. The van der Waals surface area contributed by atoms with E-state index in [-0.39, 0.29) is 36.6 Å². The highest BCUT2D eigenvalue weighted by molar-refractivity contribution is 7.17. The molecule has 0 fully saturated rings. The molecule has 7 heteroatoms. The van der Waals surface area contributed by atoms with Gasteiger partial charge in [-0.15, -0.1) is 24.8 Å². The molecule has 0 saturated carbocycles. The number of carbonyl (C=O) groups is 1. The molecule has 0 unspecified atom stereocenters. The SMILES string of the molecule is CCCN[C@H]1CCc2nc(N)sc2C1=O.Cl.Cl.